The highest BCUT2D eigenvalue weighted by Gasteiger charge is 2.13. The van der Waals surface area contributed by atoms with Gasteiger partial charge in [0.05, 0.1) is 0 Å². The van der Waals surface area contributed by atoms with E-state index in [1.165, 1.54) is 0 Å². The molecule has 0 saturated heterocycles. The highest BCUT2D eigenvalue weighted by atomic mass is 35.5. The van der Waals surface area contributed by atoms with E-state index in [-0.39, 0.29) is 17.9 Å². The predicted molar refractivity (Wildman–Crippen MR) is 60.5 cm³/mol. The summed E-state index contributed by atoms with van der Waals surface area (Å²) in [6.07, 6.45) is 0. The Morgan fingerprint density at radius 3 is 2.62 bits per heavy atom. The third-order valence-corrected chi connectivity index (χ3v) is 3.25. The van der Waals surface area contributed by atoms with Crippen LogP contribution in [0.3, 0.4) is 0 Å². The van der Waals surface area contributed by atoms with E-state index in [0.717, 1.165) is 11.5 Å². The number of amides is 1. The van der Waals surface area contributed by atoms with Crippen LogP contribution in [-0.4, -0.2) is 29.3 Å². The van der Waals surface area contributed by atoms with E-state index in [2.05, 4.69) is 12.2 Å². The van der Waals surface area contributed by atoms with E-state index in [1.807, 2.05) is 25.6 Å². The lowest BCUT2D eigenvalue weighted by Crippen LogP contribution is -2.38. The summed E-state index contributed by atoms with van der Waals surface area (Å²) in [6.45, 7) is 5.96. The van der Waals surface area contributed by atoms with Crippen molar-refractivity contribution in [3.05, 3.63) is 0 Å². The minimum atomic E-state index is -0.0873. The molecule has 0 saturated carbocycles. The lowest BCUT2D eigenvalue weighted by Gasteiger charge is -2.15. The zero-order valence-corrected chi connectivity index (χ0v) is 10.0. The maximum Gasteiger partial charge on any atom is 0.224 e. The Morgan fingerprint density at radius 1 is 1.54 bits per heavy atom. The standard InChI is InChI=1S/C9H18ClNOS/c1-4-13-6-8(3)11-9(12)7(2)5-10/h7-8H,4-6H2,1-3H3,(H,11,12). The largest absolute Gasteiger partial charge is 0.353 e. The van der Waals surface area contributed by atoms with Crippen molar-refractivity contribution in [3.63, 3.8) is 0 Å². The third-order valence-electron chi connectivity index (χ3n) is 1.64. The summed E-state index contributed by atoms with van der Waals surface area (Å²) in [5.41, 5.74) is 0. The first-order valence-electron chi connectivity index (χ1n) is 4.55. The van der Waals surface area contributed by atoms with Crippen molar-refractivity contribution < 1.29 is 4.79 Å². The zero-order valence-electron chi connectivity index (χ0n) is 8.47. The first-order chi connectivity index (χ1) is 6.11. The van der Waals surface area contributed by atoms with Gasteiger partial charge in [-0.25, -0.2) is 0 Å². The van der Waals surface area contributed by atoms with Crippen LogP contribution in [0.1, 0.15) is 20.8 Å². The molecule has 1 N–H and O–H groups in total. The molecule has 0 aromatic carbocycles. The van der Waals surface area contributed by atoms with Gasteiger partial charge in [0.15, 0.2) is 0 Å². The zero-order chi connectivity index (χ0) is 10.3. The second-order valence-electron chi connectivity index (χ2n) is 3.12. The van der Waals surface area contributed by atoms with Crippen LogP contribution < -0.4 is 5.32 Å². The molecule has 2 unspecified atom stereocenters. The molecule has 0 aliphatic carbocycles. The van der Waals surface area contributed by atoms with Gasteiger partial charge in [0.2, 0.25) is 5.91 Å². The Morgan fingerprint density at radius 2 is 2.15 bits per heavy atom. The van der Waals surface area contributed by atoms with E-state index >= 15 is 0 Å². The average molecular weight is 224 g/mol. The van der Waals surface area contributed by atoms with Gasteiger partial charge in [-0.3, -0.25) is 4.79 Å². The van der Waals surface area contributed by atoms with Gasteiger partial charge < -0.3 is 5.32 Å². The first kappa shape index (κ1) is 13.1. The Labute approximate surface area is 89.8 Å². The van der Waals surface area contributed by atoms with E-state index in [9.17, 15) is 4.79 Å². The fourth-order valence-electron chi connectivity index (χ4n) is 0.791. The van der Waals surface area contributed by atoms with Crippen molar-refractivity contribution in [2.24, 2.45) is 5.92 Å². The smallest absolute Gasteiger partial charge is 0.224 e. The summed E-state index contributed by atoms with van der Waals surface area (Å²) in [5.74, 6) is 2.41. The molecule has 0 aromatic rings. The second-order valence-corrected chi connectivity index (χ2v) is 4.75. The maximum atomic E-state index is 11.3. The van der Waals surface area contributed by atoms with Crippen LogP contribution in [0.5, 0.6) is 0 Å². The molecular formula is C9H18ClNOS. The number of thioether (sulfide) groups is 1. The molecule has 0 aliphatic rings. The molecule has 2 atom stereocenters. The van der Waals surface area contributed by atoms with E-state index in [4.69, 9.17) is 11.6 Å². The van der Waals surface area contributed by atoms with Crippen LogP contribution in [0.15, 0.2) is 0 Å². The Bertz CT molecular complexity index is 155. The number of carbonyl (C=O) groups excluding carboxylic acids is 1. The lowest BCUT2D eigenvalue weighted by atomic mass is 10.2. The molecule has 0 heterocycles. The summed E-state index contributed by atoms with van der Waals surface area (Å²) in [7, 11) is 0. The van der Waals surface area contributed by atoms with Crippen LogP contribution in [0, 0.1) is 5.92 Å². The molecule has 13 heavy (non-hydrogen) atoms. The number of nitrogens with one attached hydrogen (secondary N) is 1. The van der Waals surface area contributed by atoms with E-state index in [1.54, 1.807) is 0 Å². The monoisotopic (exact) mass is 223 g/mol. The van der Waals surface area contributed by atoms with Gasteiger partial charge in [0, 0.05) is 23.6 Å². The van der Waals surface area contributed by atoms with Gasteiger partial charge in [-0.2, -0.15) is 11.8 Å². The fraction of sp³-hybridized carbons (Fsp3) is 0.889. The average Bonchev–Trinajstić information content (AvgIpc) is 2.13. The fourth-order valence-corrected chi connectivity index (χ4v) is 1.60. The summed E-state index contributed by atoms with van der Waals surface area (Å²) in [4.78, 5) is 11.3. The summed E-state index contributed by atoms with van der Waals surface area (Å²) >= 11 is 7.40. The van der Waals surface area contributed by atoms with Crippen molar-refractivity contribution in [1.82, 2.24) is 5.32 Å². The van der Waals surface area contributed by atoms with Crippen LogP contribution in [0.2, 0.25) is 0 Å². The molecule has 0 radical (unpaired) electrons. The number of alkyl halides is 1. The van der Waals surface area contributed by atoms with Gasteiger partial charge >= 0.3 is 0 Å². The topological polar surface area (TPSA) is 29.1 Å². The number of hydrogen-bond acceptors (Lipinski definition) is 2. The molecule has 0 spiro atoms. The molecule has 0 rings (SSSR count). The van der Waals surface area contributed by atoms with Crippen LogP contribution >= 0.6 is 23.4 Å². The molecule has 0 aliphatic heterocycles. The van der Waals surface area contributed by atoms with Crippen molar-refractivity contribution in [2.45, 2.75) is 26.8 Å². The molecule has 0 aromatic heterocycles. The van der Waals surface area contributed by atoms with Crippen LogP contribution in [0.4, 0.5) is 0 Å². The molecule has 2 nitrogen and oxygen atoms in total. The Balaban J connectivity index is 3.64. The first-order valence-corrected chi connectivity index (χ1v) is 6.24. The normalized spacial score (nSPS) is 15.1. The summed E-state index contributed by atoms with van der Waals surface area (Å²) in [5, 5.41) is 2.92. The minimum Gasteiger partial charge on any atom is -0.353 e. The Kier molecular flexibility index (Phi) is 7.57. The quantitative estimate of drug-likeness (QED) is 0.699. The van der Waals surface area contributed by atoms with Gasteiger partial charge in [0.1, 0.15) is 0 Å². The van der Waals surface area contributed by atoms with Gasteiger partial charge in [0.25, 0.3) is 0 Å². The highest BCUT2D eigenvalue weighted by Crippen LogP contribution is 2.03. The minimum absolute atomic E-state index is 0.0548. The van der Waals surface area contributed by atoms with E-state index in [0.29, 0.717) is 5.88 Å². The number of hydrogen-bond donors (Lipinski definition) is 1. The van der Waals surface area contributed by atoms with Crippen molar-refractivity contribution in [2.75, 3.05) is 17.4 Å². The SMILES string of the molecule is CCSCC(C)NC(=O)C(C)CCl. The van der Waals surface area contributed by atoms with Crippen molar-refractivity contribution in [3.8, 4) is 0 Å². The number of rotatable bonds is 6. The molecule has 4 heteroatoms. The second kappa shape index (κ2) is 7.51. The van der Waals surface area contributed by atoms with Crippen LogP contribution in [0.25, 0.3) is 0 Å². The summed E-state index contributed by atoms with van der Waals surface area (Å²) < 4.78 is 0. The predicted octanol–water partition coefficient (Wildman–Crippen LogP) is 2.12. The molecular weight excluding hydrogens is 206 g/mol. The Hall–Kier alpha value is 0.110. The molecule has 0 bridgehead atoms. The molecule has 0 fully saturated rings. The van der Waals surface area contributed by atoms with Crippen molar-refractivity contribution in [1.29, 1.82) is 0 Å². The lowest BCUT2D eigenvalue weighted by molar-refractivity contribution is -0.124. The highest BCUT2D eigenvalue weighted by molar-refractivity contribution is 7.99. The van der Waals surface area contributed by atoms with Gasteiger partial charge in [-0.05, 0) is 12.7 Å². The molecule has 1 amide bonds. The molecule has 78 valence electrons. The number of halogens is 1. The van der Waals surface area contributed by atoms with Gasteiger partial charge in [-0.15, -0.1) is 11.6 Å². The third kappa shape index (κ3) is 6.22. The van der Waals surface area contributed by atoms with Crippen molar-refractivity contribution >= 4 is 29.3 Å². The maximum absolute atomic E-state index is 11.3. The van der Waals surface area contributed by atoms with Gasteiger partial charge in [-0.1, -0.05) is 13.8 Å². The van der Waals surface area contributed by atoms with Crippen LogP contribution in [-0.2, 0) is 4.79 Å². The summed E-state index contributed by atoms with van der Waals surface area (Å²) in [6, 6.07) is 0.239. The number of carbonyl (C=O) groups is 1. The van der Waals surface area contributed by atoms with E-state index < -0.39 is 0 Å².